The first-order chi connectivity index (χ1) is 11.0. The van der Waals surface area contributed by atoms with Gasteiger partial charge in [-0.15, -0.1) is 0 Å². The number of carbonyl (C=O) groups is 2. The van der Waals surface area contributed by atoms with Crippen LogP contribution in [-0.2, 0) is 0 Å². The Labute approximate surface area is 136 Å². The zero-order valence-electron chi connectivity index (χ0n) is 12.4. The van der Waals surface area contributed by atoms with E-state index in [9.17, 15) is 9.59 Å². The number of hydrogen-bond acceptors (Lipinski definition) is 7. The Morgan fingerprint density at radius 1 is 1.26 bits per heavy atom. The lowest BCUT2D eigenvalue weighted by atomic mass is 10.4. The van der Waals surface area contributed by atoms with E-state index in [2.05, 4.69) is 20.3 Å². The van der Waals surface area contributed by atoms with Crippen molar-refractivity contribution in [3.8, 4) is 0 Å². The van der Waals surface area contributed by atoms with Crippen molar-refractivity contribution >= 4 is 35.3 Å². The molecule has 3 rings (SSSR count). The summed E-state index contributed by atoms with van der Waals surface area (Å²) in [6, 6.07) is -0.0856. The number of halogens is 1. The van der Waals surface area contributed by atoms with Crippen molar-refractivity contribution in [2.75, 3.05) is 23.3 Å². The second-order valence-electron chi connectivity index (χ2n) is 5.10. The van der Waals surface area contributed by atoms with Crippen LogP contribution in [-0.4, -0.2) is 39.7 Å². The van der Waals surface area contributed by atoms with Crippen molar-refractivity contribution < 1.29 is 14.0 Å². The fourth-order valence-electron chi connectivity index (χ4n) is 2.24. The third kappa shape index (κ3) is 3.31. The number of nitrogens with one attached hydrogen (secondary N) is 1. The van der Waals surface area contributed by atoms with E-state index in [0.717, 1.165) is 25.9 Å². The molecular formula is C14H14ClN5O3. The maximum absolute atomic E-state index is 12.3. The number of carbonyl (C=O) groups excluding carboxylic acids is 2. The Morgan fingerprint density at radius 2 is 2.00 bits per heavy atom. The Bertz CT molecular complexity index is 755. The lowest BCUT2D eigenvalue weighted by molar-refractivity contribution is 0.0980. The molecule has 120 valence electrons. The zero-order chi connectivity index (χ0) is 16.4. The molecule has 0 unspecified atom stereocenters. The summed E-state index contributed by atoms with van der Waals surface area (Å²) in [6.45, 7) is 3.05. The molecule has 8 nitrogen and oxygen atoms in total. The van der Waals surface area contributed by atoms with Crippen LogP contribution in [0.1, 0.15) is 40.8 Å². The molecule has 0 bridgehead atoms. The first-order valence-electron chi connectivity index (χ1n) is 7.10. The van der Waals surface area contributed by atoms with Crippen LogP contribution in [0.4, 0.5) is 12.0 Å². The molecule has 0 aliphatic carbocycles. The SMILES string of the molecule is CC(=O)c1cnc(NC(=O)c2nc(N3CCCC3)ncc2Cl)o1. The number of anilines is 2. The molecule has 23 heavy (non-hydrogen) atoms. The molecule has 2 aromatic heterocycles. The monoisotopic (exact) mass is 335 g/mol. The number of aromatic nitrogens is 3. The van der Waals surface area contributed by atoms with Gasteiger partial charge in [-0.2, -0.15) is 0 Å². The number of ketones is 1. The summed E-state index contributed by atoms with van der Waals surface area (Å²) < 4.78 is 5.12. The van der Waals surface area contributed by atoms with E-state index in [1.54, 1.807) is 0 Å². The van der Waals surface area contributed by atoms with Gasteiger partial charge in [0.2, 0.25) is 5.95 Å². The molecule has 1 N–H and O–H groups in total. The highest BCUT2D eigenvalue weighted by atomic mass is 35.5. The Hall–Kier alpha value is -2.48. The molecule has 1 aliphatic heterocycles. The van der Waals surface area contributed by atoms with Gasteiger partial charge >= 0.3 is 6.01 Å². The standard InChI is InChI=1S/C14H14ClN5O3/c1-8(21)10-7-17-14(23-10)19-12(22)11-9(15)6-16-13(18-11)20-4-2-3-5-20/h6-7H,2-5H2,1H3,(H,17,19,22). The van der Waals surface area contributed by atoms with Crippen LogP contribution in [0.3, 0.4) is 0 Å². The quantitative estimate of drug-likeness (QED) is 0.854. The highest BCUT2D eigenvalue weighted by molar-refractivity contribution is 6.33. The van der Waals surface area contributed by atoms with Crippen LogP contribution in [0.5, 0.6) is 0 Å². The molecule has 1 aliphatic rings. The van der Waals surface area contributed by atoms with Crippen molar-refractivity contribution in [3.05, 3.63) is 28.9 Å². The van der Waals surface area contributed by atoms with E-state index in [4.69, 9.17) is 16.0 Å². The van der Waals surface area contributed by atoms with Gasteiger partial charge in [0.25, 0.3) is 5.91 Å². The first kappa shape index (κ1) is 15.4. The number of Topliss-reactive ketones (excluding diaryl/α,β-unsaturated/α-hetero) is 1. The maximum Gasteiger partial charge on any atom is 0.302 e. The average molecular weight is 336 g/mol. The van der Waals surface area contributed by atoms with Crippen LogP contribution in [0.15, 0.2) is 16.8 Å². The molecular weight excluding hydrogens is 322 g/mol. The van der Waals surface area contributed by atoms with Crippen molar-refractivity contribution in [3.63, 3.8) is 0 Å². The highest BCUT2D eigenvalue weighted by Crippen LogP contribution is 2.21. The van der Waals surface area contributed by atoms with Crippen molar-refractivity contribution in [2.45, 2.75) is 19.8 Å². The molecule has 0 aromatic carbocycles. The molecule has 1 amide bonds. The summed E-state index contributed by atoms with van der Waals surface area (Å²) in [5, 5.41) is 2.56. The Kier molecular flexibility index (Phi) is 4.24. The smallest absolute Gasteiger partial charge is 0.302 e. The fourth-order valence-corrected chi connectivity index (χ4v) is 2.41. The molecule has 1 fully saturated rings. The normalized spacial score (nSPS) is 14.1. The van der Waals surface area contributed by atoms with Gasteiger partial charge in [0, 0.05) is 20.0 Å². The predicted octanol–water partition coefficient (Wildman–Crippen LogP) is 2.17. The van der Waals surface area contributed by atoms with Crippen molar-refractivity contribution in [1.82, 2.24) is 15.0 Å². The van der Waals surface area contributed by atoms with Crippen molar-refractivity contribution in [1.29, 1.82) is 0 Å². The molecule has 0 radical (unpaired) electrons. The number of oxazole rings is 1. The first-order valence-corrected chi connectivity index (χ1v) is 7.48. The van der Waals surface area contributed by atoms with Gasteiger partial charge in [-0.1, -0.05) is 11.6 Å². The molecule has 0 spiro atoms. The van der Waals surface area contributed by atoms with Gasteiger partial charge in [-0.25, -0.2) is 15.0 Å². The third-order valence-corrected chi connectivity index (χ3v) is 3.69. The number of amides is 1. The molecule has 3 heterocycles. The minimum absolute atomic E-state index is 0.0335. The fraction of sp³-hybridized carbons (Fsp3) is 0.357. The van der Waals surface area contributed by atoms with E-state index in [-0.39, 0.29) is 28.3 Å². The highest BCUT2D eigenvalue weighted by Gasteiger charge is 2.21. The topological polar surface area (TPSA) is 101 Å². The molecule has 9 heteroatoms. The number of rotatable bonds is 4. The molecule has 1 saturated heterocycles. The predicted molar refractivity (Wildman–Crippen MR) is 82.9 cm³/mol. The largest absolute Gasteiger partial charge is 0.420 e. The van der Waals surface area contributed by atoms with E-state index in [0.29, 0.717) is 5.95 Å². The minimum Gasteiger partial charge on any atom is -0.420 e. The summed E-state index contributed by atoms with van der Waals surface area (Å²) in [7, 11) is 0. The third-order valence-electron chi connectivity index (χ3n) is 3.41. The van der Waals surface area contributed by atoms with Gasteiger partial charge in [-0.05, 0) is 12.8 Å². The lowest BCUT2D eigenvalue weighted by Gasteiger charge is -2.15. The van der Waals surface area contributed by atoms with Gasteiger partial charge in [0.15, 0.2) is 17.2 Å². The van der Waals surface area contributed by atoms with Crippen LogP contribution >= 0.6 is 11.6 Å². The second-order valence-corrected chi connectivity index (χ2v) is 5.51. The summed E-state index contributed by atoms with van der Waals surface area (Å²) in [5.41, 5.74) is 0.0335. The Balaban J connectivity index is 1.80. The number of nitrogens with zero attached hydrogens (tertiary/aromatic N) is 4. The lowest BCUT2D eigenvalue weighted by Crippen LogP contribution is -2.23. The van der Waals surface area contributed by atoms with Crippen LogP contribution in [0, 0.1) is 0 Å². The maximum atomic E-state index is 12.3. The van der Waals surface area contributed by atoms with Gasteiger partial charge in [0.1, 0.15) is 0 Å². The van der Waals surface area contributed by atoms with E-state index in [1.807, 2.05) is 4.90 Å². The average Bonchev–Trinajstić information content (AvgIpc) is 3.18. The molecule has 2 aromatic rings. The van der Waals surface area contributed by atoms with Crippen molar-refractivity contribution in [2.24, 2.45) is 0 Å². The molecule has 0 saturated carbocycles. The van der Waals surface area contributed by atoms with Gasteiger partial charge < -0.3 is 9.32 Å². The minimum atomic E-state index is -0.574. The summed E-state index contributed by atoms with van der Waals surface area (Å²) >= 11 is 6.01. The Morgan fingerprint density at radius 3 is 2.65 bits per heavy atom. The van der Waals surface area contributed by atoms with E-state index in [1.165, 1.54) is 19.3 Å². The van der Waals surface area contributed by atoms with E-state index >= 15 is 0 Å². The van der Waals surface area contributed by atoms with Crippen LogP contribution in [0.25, 0.3) is 0 Å². The summed E-state index contributed by atoms with van der Waals surface area (Å²) in [5.74, 6) is -0.329. The van der Waals surface area contributed by atoms with Gasteiger partial charge in [0.05, 0.1) is 17.4 Å². The van der Waals surface area contributed by atoms with E-state index < -0.39 is 5.91 Å². The van der Waals surface area contributed by atoms with Crippen LogP contribution < -0.4 is 10.2 Å². The summed E-state index contributed by atoms with van der Waals surface area (Å²) in [6.07, 6.45) is 4.78. The van der Waals surface area contributed by atoms with Crippen LogP contribution in [0.2, 0.25) is 5.02 Å². The number of hydrogen-bond donors (Lipinski definition) is 1. The zero-order valence-corrected chi connectivity index (χ0v) is 13.1. The second kappa shape index (κ2) is 6.33. The van der Waals surface area contributed by atoms with Gasteiger partial charge in [-0.3, -0.25) is 14.9 Å². The summed E-state index contributed by atoms with van der Waals surface area (Å²) in [4.78, 5) is 37.7. The molecule has 0 atom stereocenters.